The maximum atomic E-state index is 13.8. The Labute approximate surface area is 346 Å². The summed E-state index contributed by atoms with van der Waals surface area (Å²) in [6, 6.07) is 27.6. The van der Waals surface area contributed by atoms with Gasteiger partial charge in [-0.05, 0) is 96.2 Å². The number of aromatic amines is 2. The van der Waals surface area contributed by atoms with E-state index >= 15 is 0 Å². The van der Waals surface area contributed by atoms with Gasteiger partial charge in [-0.2, -0.15) is 0 Å². The smallest absolute Gasteiger partial charge is 0.405 e. The summed E-state index contributed by atoms with van der Waals surface area (Å²) in [6.45, 7) is 5.15. The van der Waals surface area contributed by atoms with Gasteiger partial charge in [0.15, 0.2) is 0 Å². The van der Waals surface area contributed by atoms with Crippen molar-refractivity contribution in [3.63, 3.8) is 0 Å². The van der Waals surface area contributed by atoms with Crippen LogP contribution < -0.4 is 10.6 Å². The van der Waals surface area contributed by atoms with Crippen LogP contribution in [0.15, 0.2) is 109 Å². The van der Waals surface area contributed by atoms with Crippen molar-refractivity contribution in [1.29, 1.82) is 0 Å². The molecule has 2 fully saturated rings. The van der Waals surface area contributed by atoms with E-state index in [0.717, 1.165) is 57.6 Å². The van der Waals surface area contributed by atoms with Crippen molar-refractivity contribution in [2.75, 3.05) is 13.1 Å². The maximum absolute atomic E-state index is 13.8. The summed E-state index contributed by atoms with van der Waals surface area (Å²) in [5, 5.41) is 23.9. The summed E-state index contributed by atoms with van der Waals surface area (Å²) in [5.74, 6) is 0.699. The van der Waals surface area contributed by atoms with Crippen LogP contribution in [0.5, 0.6) is 0 Å². The van der Waals surface area contributed by atoms with Gasteiger partial charge in [0.25, 0.3) is 11.8 Å². The number of aryl methyl sites for hydroxylation is 2. The van der Waals surface area contributed by atoms with Gasteiger partial charge in [-0.3, -0.25) is 9.59 Å². The Morgan fingerprint density at radius 2 is 1.02 bits per heavy atom. The number of carboxylic acid groups (broad SMARTS) is 2. The molecule has 4 heterocycles. The van der Waals surface area contributed by atoms with Crippen LogP contribution in [0.1, 0.15) is 83.8 Å². The lowest BCUT2D eigenvalue weighted by atomic mass is 9.93. The lowest BCUT2D eigenvalue weighted by Crippen LogP contribution is -2.42. The zero-order valence-electron chi connectivity index (χ0n) is 33.3. The van der Waals surface area contributed by atoms with Crippen LogP contribution in [-0.4, -0.2) is 77.0 Å². The standard InChI is InChI=1S/C46H46N8O6/c1-27-23-31(35-25-47-41(49-35)37-15-9-21-53(37)43(55)39(51-45(57)58)29-11-5-3-6-12-29)17-19-33(27)34-20-18-32(24-28(34)2)36-26-48-42(50-36)38-16-10-22-54(38)44(56)40(52-46(59)60)30-13-7-4-8-14-30/h3-8,11-14,17-20,23-26,37-40,51-52H,9-10,15-16,21-22H2,1-2H3,(H,47,49)(H,48,50)(H,57,58)(H,59,60)/t37-,38-,39+,40+/m0/s1. The fourth-order valence-electron chi connectivity index (χ4n) is 8.65. The first-order valence-corrected chi connectivity index (χ1v) is 20.1. The molecule has 0 spiro atoms. The molecule has 2 aromatic heterocycles. The predicted molar refractivity (Wildman–Crippen MR) is 225 cm³/mol. The van der Waals surface area contributed by atoms with Crippen LogP contribution >= 0.6 is 0 Å². The zero-order chi connectivity index (χ0) is 41.9. The summed E-state index contributed by atoms with van der Waals surface area (Å²) in [7, 11) is 0. The van der Waals surface area contributed by atoms with Gasteiger partial charge in [0.1, 0.15) is 23.7 Å². The number of likely N-dealkylation sites (tertiary alicyclic amines) is 2. The molecule has 0 bridgehead atoms. The summed E-state index contributed by atoms with van der Waals surface area (Å²) < 4.78 is 0. The molecule has 0 saturated carbocycles. The van der Waals surface area contributed by atoms with E-state index in [-0.39, 0.29) is 23.9 Å². The van der Waals surface area contributed by atoms with E-state index in [2.05, 4.69) is 70.8 Å². The van der Waals surface area contributed by atoms with Gasteiger partial charge >= 0.3 is 12.2 Å². The minimum Gasteiger partial charge on any atom is -0.465 e. The van der Waals surface area contributed by atoms with E-state index in [0.29, 0.717) is 48.7 Å². The molecule has 0 aliphatic carbocycles. The molecule has 8 rings (SSSR count). The van der Waals surface area contributed by atoms with Crippen LogP contribution in [0.4, 0.5) is 9.59 Å². The van der Waals surface area contributed by atoms with Crippen molar-refractivity contribution in [2.24, 2.45) is 0 Å². The number of carbonyl (C=O) groups excluding carboxylic acids is 2. The van der Waals surface area contributed by atoms with E-state index in [9.17, 15) is 29.4 Å². The number of nitrogens with one attached hydrogen (secondary N) is 4. The SMILES string of the molecule is Cc1cc(-c2cnc([C@@H]3CCCN3C(=O)[C@H](NC(=O)O)c3ccccc3)[nH]2)ccc1-c1ccc(-c2cnc([C@@H]3CCCN3C(=O)[C@H](NC(=O)O)c3ccccc3)[nH]2)cc1C. The minimum absolute atomic E-state index is 0.310. The maximum Gasteiger partial charge on any atom is 0.405 e. The molecule has 6 N–H and O–H groups in total. The Hall–Kier alpha value is -7.22. The van der Waals surface area contributed by atoms with Crippen LogP contribution in [0.2, 0.25) is 0 Å². The molecule has 4 amide bonds. The lowest BCUT2D eigenvalue weighted by Gasteiger charge is -2.28. The number of carbonyl (C=O) groups is 4. The molecule has 4 atom stereocenters. The average molecular weight is 807 g/mol. The first-order chi connectivity index (χ1) is 29.0. The molecular formula is C46H46N8O6. The fraction of sp³-hybridized carbons (Fsp3) is 0.261. The third-order valence-electron chi connectivity index (χ3n) is 11.6. The highest BCUT2D eigenvalue weighted by molar-refractivity contribution is 5.88. The number of amides is 4. The Kier molecular flexibility index (Phi) is 11.2. The quantitative estimate of drug-likeness (QED) is 0.0755. The monoisotopic (exact) mass is 806 g/mol. The summed E-state index contributed by atoms with van der Waals surface area (Å²) in [4.78, 5) is 70.6. The number of imidazole rings is 2. The van der Waals surface area contributed by atoms with E-state index < -0.39 is 24.3 Å². The van der Waals surface area contributed by atoms with Gasteiger partial charge in [0, 0.05) is 13.1 Å². The third-order valence-corrected chi connectivity index (χ3v) is 11.6. The zero-order valence-corrected chi connectivity index (χ0v) is 33.3. The number of hydrogen-bond donors (Lipinski definition) is 6. The van der Waals surface area contributed by atoms with E-state index in [1.165, 1.54) is 0 Å². The van der Waals surface area contributed by atoms with Crippen LogP contribution in [-0.2, 0) is 9.59 Å². The number of rotatable bonds is 11. The lowest BCUT2D eigenvalue weighted by molar-refractivity contribution is -0.135. The summed E-state index contributed by atoms with van der Waals surface area (Å²) >= 11 is 0. The van der Waals surface area contributed by atoms with Crippen molar-refractivity contribution < 1.29 is 29.4 Å². The molecule has 0 unspecified atom stereocenters. The number of aromatic nitrogens is 4. The Bertz CT molecular complexity index is 2360. The molecular weight excluding hydrogens is 761 g/mol. The first-order valence-electron chi connectivity index (χ1n) is 20.1. The third kappa shape index (κ3) is 8.08. The van der Waals surface area contributed by atoms with E-state index in [4.69, 9.17) is 9.97 Å². The van der Waals surface area contributed by atoms with Gasteiger partial charge in [-0.1, -0.05) is 84.9 Å². The highest BCUT2D eigenvalue weighted by Crippen LogP contribution is 2.37. The van der Waals surface area contributed by atoms with Crippen LogP contribution in [0.3, 0.4) is 0 Å². The predicted octanol–water partition coefficient (Wildman–Crippen LogP) is 8.10. The van der Waals surface area contributed by atoms with E-state index in [1.54, 1.807) is 70.7 Å². The van der Waals surface area contributed by atoms with Gasteiger partial charge in [0.2, 0.25) is 0 Å². The molecule has 2 aliphatic rings. The number of H-pyrrole nitrogens is 2. The van der Waals surface area contributed by atoms with Gasteiger partial charge in [-0.15, -0.1) is 0 Å². The molecule has 306 valence electrons. The van der Waals surface area contributed by atoms with Gasteiger partial charge < -0.3 is 40.6 Å². The minimum atomic E-state index is -1.26. The van der Waals surface area contributed by atoms with Gasteiger partial charge in [-0.25, -0.2) is 19.6 Å². The Morgan fingerprint density at radius 1 is 0.617 bits per heavy atom. The molecule has 2 saturated heterocycles. The van der Waals surface area contributed by atoms with Crippen molar-refractivity contribution in [2.45, 2.75) is 63.7 Å². The Balaban J connectivity index is 0.967. The number of hydrogen-bond acceptors (Lipinski definition) is 6. The molecule has 2 aliphatic heterocycles. The molecule has 0 radical (unpaired) electrons. The molecule has 6 aromatic rings. The topological polar surface area (TPSA) is 197 Å². The Morgan fingerprint density at radius 3 is 1.38 bits per heavy atom. The second-order valence-electron chi connectivity index (χ2n) is 15.4. The van der Waals surface area contributed by atoms with E-state index in [1.807, 2.05) is 12.1 Å². The fourth-order valence-corrected chi connectivity index (χ4v) is 8.65. The summed E-state index contributed by atoms with van der Waals surface area (Å²) in [5.41, 5.74) is 9.02. The van der Waals surface area contributed by atoms with Crippen LogP contribution in [0.25, 0.3) is 33.6 Å². The number of nitrogens with zero attached hydrogens (tertiary/aromatic N) is 4. The van der Waals surface area contributed by atoms with Crippen molar-refractivity contribution in [3.8, 4) is 33.6 Å². The first kappa shape index (κ1) is 39.6. The highest BCUT2D eigenvalue weighted by Gasteiger charge is 2.38. The normalized spacial score (nSPS) is 17.3. The van der Waals surface area contributed by atoms with Crippen molar-refractivity contribution >= 4 is 24.0 Å². The summed E-state index contributed by atoms with van der Waals surface area (Å²) in [6.07, 6.45) is 4.00. The number of benzene rings is 4. The molecule has 14 heteroatoms. The second-order valence-corrected chi connectivity index (χ2v) is 15.4. The highest BCUT2D eigenvalue weighted by atomic mass is 16.4. The average Bonchev–Trinajstić information content (AvgIpc) is 4.09. The molecule has 4 aromatic carbocycles. The van der Waals surface area contributed by atoms with Crippen LogP contribution in [0, 0.1) is 13.8 Å². The molecule has 14 nitrogen and oxygen atoms in total. The molecule has 60 heavy (non-hydrogen) atoms. The van der Waals surface area contributed by atoms with Gasteiger partial charge in [0.05, 0.1) is 35.9 Å². The van der Waals surface area contributed by atoms with Crippen molar-refractivity contribution in [3.05, 3.63) is 143 Å². The van der Waals surface area contributed by atoms with Crippen molar-refractivity contribution in [1.82, 2.24) is 40.4 Å². The largest absolute Gasteiger partial charge is 0.465 e. The second kappa shape index (κ2) is 16.9.